The summed E-state index contributed by atoms with van der Waals surface area (Å²) in [5.74, 6) is -0.694. The van der Waals surface area contributed by atoms with Gasteiger partial charge in [0.1, 0.15) is 12.3 Å². The maximum Gasteiger partial charge on any atom is 0.316 e. The zero-order valence-corrected chi connectivity index (χ0v) is 21.0. The molecule has 0 radical (unpaired) electrons. The minimum Gasteiger partial charge on any atom is -0.495 e. The molecule has 180 valence electrons. The number of sulfonamides is 1. The summed E-state index contributed by atoms with van der Waals surface area (Å²) in [5, 5.41) is 10.5. The lowest BCUT2D eigenvalue weighted by Gasteiger charge is -2.25. The maximum atomic E-state index is 13.5. The zero-order chi connectivity index (χ0) is 24.7. The second-order valence-corrected chi connectivity index (χ2v) is 10.8. The first kappa shape index (κ1) is 25.5. The second kappa shape index (κ2) is 11.3. The van der Waals surface area contributed by atoms with Gasteiger partial charge >= 0.3 is 5.97 Å². The van der Waals surface area contributed by atoms with Gasteiger partial charge in [0.25, 0.3) is 10.0 Å². The van der Waals surface area contributed by atoms with Crippen molar-refractivity contribution in [1.82, 2.24) is 10.2 Å². The predicted molar refractivity (Wildman–Crippen MR) is 130 cm³/mol. The van der Waals surface area contributed by atoms with Gasteiger partial charge in [-0.15, -0.1) is 10.2 Å². The SMILES string of the molecule is COC(=O)CSc1nnc(NC(=O)CN(c2ccccc2OC)S(=O)(=O)c2ccc(C)cc2)s1. The molecule has 3 rings (SSSR count). The number of ether oxygens (including phenoxy) is 2. The van der Waals surface area contributed by atoms with Crippen LogP contribution in [0.4, 0.5) is 10.8 Å². The van der Waals surface area contributed by atoms with E-state index >= 15 is 0 Å². The van der Waals surface area contributed by atoms with Crippen LogP contribution in [0.5, 0.6) is 5.75 Å². The van der Waals surface area contributed by atoms with Gasteiger partial charge in [0.05, 0.1) is 30.6 Å². The molecular weight excluding hydrogens is 500 g/mol. The fourth-order valence-corrected chi connectivity index (χ4v) is 5.79. The summed E-state index contributed by atoms with van der Waals surface area (Å²) in [7, 11) is -1.40. The van der Waals surface area contributed by atoms with Gasteiger partial charge in [-0.1, -0.05) is 52.9 Å². The van der Waals surface area contributed by atoms with Crippen LogP contribution in [0.3, 0.4) is 0 Å². The summed E-state index contributed by atoms with van der Waals surface area (Å²) >= 11 is 2.17. The summed E-state index contributed by atoms with van der Waals surface area (Å²) < 4.78 is 38.4. The van der Waals surface area contributed by atoms with Gasteiger partial charge in [-0.25, -0.2) is 8.42 Å². The Kier molecular flexibility index (Phi) is 8.47. The molecule has 1 amide bonds. The Morgan fingerprint density at radius 3 is 2.47 bits per heavy atom. The quantitative estimate of drug-likeness (QED) is 0.243. The summed E-state index contributed by atoms with van der Waals surface area (Å²) in [6.45, 7) is 1.32. The van der Waals surface area contributed by atoms with E-state index in [1.54, 1.807) is 36.4 Å². The number of para-hydroxylation sites is 2. The van der Waals surface area contributed by atoms with Crippen LogP contribution in [-0.2, 0) is 24.3 Å². The van der Waals surface area contributed by atoms with Crippen molar-refractivity contribution >= 4 is 55.8 Å². The lowest BCUT2D eigenvalue weighted by molar-refractivity contribution is -0.137. The number of thioether (sulfide) groups is 1. The first-order chi connectivity index (χ1) is 16.2. The molecule has 0 fully saturated rings. The van der Waals surface area contributed by atoms with Crippen LogP contribution in [0.1, 0.15) is 5.56 Å². The summed E-state index contributed by atoms with van der Waals surface area (Å²) in [6.07, 6.45) is 0. The molecule has 0 unspecified atom stereocenters. The number of aromatic nitrogens is 2. The Morgan fingerprint density at radius 2 is 1.79 bits per heavy atom. The number of amides is 1. The van der Waals surface area contributed by atoms with Gasteiger partial charge < -0.3 is 9.47 Å². The van der Waals surface area contributed by atoms with E-state index < -0.39 is 28.4 Å². The number of benzene rings is 2. The van der Waals surface area contributed by atoms with Crippen molar-refractivity contribution < 1.29 is 27.5 Å². The lowest BCUT2D eigenvalue weighted by Crippen LogP contribution is -2.38. The second-order valence-electron chi connectivity index (χ2n) is 6.78. The Balaban J connectivity index is 1.85. The van der Waals surface area contributed by atoms with Crippen molar-refractivity contribution in [3.05, 3.63) is 54.1 Å². The number of carbonyl (C=O) groups is 2. The van der Waals surface area contributed by atoms with Gasteiger partial charge in [0, 0.05) is 0 Å². The molecular formula is C21H22N4O6S3. The molecule has 2 aromatic carbocycles. The van der Waals surface area contributed by atoms with Gasteiger partial charge in [-0.05, 0) is 31.2 Å². The highest BCUT2D eigenvalue weighted by molar-refractivity contribution is 8.01. The lowest BCUT2D eigenvalue weighted by atomic mass is 10.2. The molecule has 0 bridgehead atoms. The molecule has 13 heteroatoms. The largest absolute Gasteiger partial charge is 0.495 e. The third-order valence-electron chi connectivity index (χ3n) is 4.44. The number of carbonyl (C=O) groups excluding carboxylic acids is 2. The van der Waals surface area contributed by atoms with Crippen LogP contribution in [0.2, 0.25) is 0 Å². The first-order valence-electron chi connectivity index (χ1n) is 9.80. The minimum absolute atomic E-state index is 0.0363. The molecule has 34 heavy (non-hydrogen) atoms. The molecule has 0 aliphatic rings. The van der Waals surface area contributed by atoms with Crippen LogP contribution < -0.4 is 14.4 Å². The van der Waals surface area contributed by atoms with Crippen molar-refractivity contribution in [2.24, 2.45) is 0 Å². The molecule has 1 heterocycles. The minimum atomic E-state index is -4.10. The normalized spacial score (nSPS) is 11.0. The Hall–Kier alpha value is -3.16. The average Bonchev–Trinajstić information content (AvgIpc) is 3.28. The van der Waals surface area contributed by atoms with E-state index in [9.17, 15) is 18.0 Å². The highest BCUT2D eigenvalue weighted by Gasteiger charge is 2.29. The standard InChI is InChI=1S/C21H22N4O6S3/c1-14-8-10-15(11-9-14)34(28,29)25(16-6-4-5-7-17(16)30-2)12-18(26)22-20-23-24-21(33-20)32-13-19(27)31-3/h4-11H,12-13H2,1-3H3,(H,22,23,26). The van der Waals surface area contributed by atoms with E-state index in [0.29, 0.717) is 10.1 Å². The van der Waals surface area contributed by atoms with Gasteiger partial charge in [-0.3, -0.25) is 19.2 Å². The topological polar surface area (TPSA) is 128 Å². The number of nitrogens with one attached hydrogen (secondary N) is 1. The molecule has 0 saturated heterocycles. The third kappa shape index (κ3) is 6.24. The number of hydrogen-bond acceptors (Lipinski definition) is 10. The molecule has 0 aliphatic heterocycles. The van der Waals surface area contributed by atoms with Crippen LogP contribution in [0.15, 0.2) is 57.8 Å². The Labute approximate surface area is 205 Å². The number of anilines is 2. The van der Waals surface area contributed by atoms with E-state index in [-0.39, 0.29) is 21.5 Å². The monoisotopic (exact) mass is 522 g/mol. The summed E-state index contributed by atoms with van der Waals surface area (Å²) in [6, 6.07) is 12.9. The molecule has 0 saturated carbocycles. The fraction of sp³-hybridized carbons (Fsp3) is 0.238. The van der Waals surface area contributed by atoms with Gasteiger partial charge in [0.2, 0.25) is 11.0 Å². The van der Waals surface area contributed by atoms with Gasteiger partial charge in [0.15, 0.2) is 4.34 Å². The van der Waals surface area contributed by atoms with E-state index in [2.05, 4.69) is 20.3 Å². The smallest absolute Gasteiger partial charge is 0.316 e. The number of esters is 1. The third-order valence-corrected chi connectivity index (χ3v) is 8.16. The van der Waals surface area contributed by atoms with Crippen LogP contribution in [0, 0.1) is 6.92 Å². The number of hydrogen-bond donors (Lipinski definition) is 1. The summed E-state index contributed by atoms with van der Waals surface area (Å²) in [5.41, 5.74) is 1.12. The highest BCUT2D eigenvalue weighted by Crippen LogP contribution is 2.32. The maximum absolute atomic E-state index is 13.5. The van der Waals surface area contributed by atoms with Crippen molar-refractivity contribution in [2.45, 2.75) is 16.2 Å². The van der Waals surface area contributed by atoms with E-state index in [1.165, 1.54) is 26.4 Å². The van der Waals surface area contributed by atoms with Crippen molar-refractivity contribution in [2.75, 3.05) is 36.1 Å². The average molecular weight is 523 g/mol. The van der Waals surface area contributed by atoms with Gasteiger partial charge in [-0.2, -0.15) is 0 Å². The molecule has 0 spiro atoms. The predicted octanol–water partition coefficient (Wildman–Crippen LogP) is 2.95. The molecule has 3 aromatic rings. The van der Waals surface area contributed by atoms with Crippen LogP contribution in [0.25, 0.3) is 0 Å². The Morgan fingerprint density at radius 1 is 1.09 bits per heavy atom. The number of rotatable bonds is 10. The van der Waals surface area contributed by atoms with Crippen LogP contribution >= 0.6 is 23.1 Å². The first-order valence-corrected chi connectivity index (χ1v) is 13.0. The zero-order valence-electron chi connectivity index (χ0n) is 18.5. The Bertz CT molecular complexity index is 1260. The van der Waals surface area contributed by atoms with E-state index in [0.717, 1.165) is 33.0 Å². The molecule has 0 aliphatic carbocycles. The van der Waals surface area contributed by atoms with E-state index in [4.69, 9.17) is 4.74 Å². The number of nitrogens with zero attached hydrogens (tertiary/aromatic N) is 3. The number of aryl methyl sites for hydroxylation is 1. The molecule has 0 atom stereocenters. The molecule has 1 aromatic heterocycles. The van der Waals surface area contributed by atoms with Crippen molar-refractivity contribution in [3.8, 4) is 5.75 Å². The number of methoxy groups -OCH3 is 2. The van der Waals surface area contributed by atoms with E-state index in [1.807, 2.05) is 6.92 Å². The van der Waals surface area contributed by atoms with Crippen LogP contribution in [-0.4, -0.2) is 57.0 Å². The van der Waals surface area contributed by atoms with Crippen molar-refractivity contribution in [1.29, 1.82) is 0 Å². The summed E-state index contributed by atoms with van der Waals surface area (Å²) in [4.78, 5) is 24.2. The fourth-order valence-electron chi connectivity index (χ4n) is 2.76. The molecule has 1 N–H and O–H groups in total. The van der Waals surface area contributed by atoms with Crippen molar-refractivity contribution in [3.63, 3.8) is 0 Å². The molecule has 10 nitrogen and oxygen atoms in total. The highest BCUT2D eigenvalue weighted by atomic mass is 32.2.